The first-order valence-electron chi connectivity index (χ1n) is 11.5. The third-order valence-corrected chi connectivity index (χ3v) is 7.44. The number of hydrogen-bond acceptors (Lipinski definition) is 8. The van der Waals surface area contributed by atoms with Gasteiger partial charge in [-0.3, -0.25) is 4.79 Å². The molecule has 9 nitrogen and oxygen atoms in total. The lowest BCUT2D eigenvalue weighted by molar-refractivity contribution is -0.247. The predicted octanol–water partition coefficient (Wildman–Crippen LogP) is 2.15. The Morgan fingerprint density at radius 2 is 2.09 bits per heavy atom. The molecule has 2 spiro atoms. The van der Waals surface area contributed by atoms with Gasteiger partial charge in [-0.2, -0.15) is 0 Å². The average Bonchev–Trinajstić information content (AvgIpc) is 3.13. The highest BCUT2D eigenvalue weighted by Crippen LogP contribution is 2.62. The summed E-state index contributed by atoms with van der Waals surface area (Å²) in [5, 5.41) is 3.04. The molecule has 9 heteroatoms. The Balaban J connectivity index is 1.47. The van der Waals surface area contributed by atoms with Crippen LogP contribution in [-0.4, -0.2) is 69.1 Å². The summed E-state index contributed by atoms with van der Waals surface area (Å²) >= 11 is 0. The minimum absolute atomic E-state index is 0.161. The van der Waals surface area contributed by atoms with E-state index < -0.39 is 16.6 Å². The van der Waals surface area contributed by atoms with Crippen LogP contribution in [0.2, 0.25) is 0 Å². The molecule has 4 heterocycles. The summed E-state index contributed by atoms with van der Waals surface area (Å²) in [6.07, 6.45) is 3.80. The van der Waals surface area contributed by atoms with Gasteiger partial charge in [0.15, 0.2) is 0 Å². The molecular weight excluding hydrogens is 436 g/mol. The van der Waals surface area contributed by atoms with E-state index in [4.69, 9.17) is 29.7 Å². The second-order valence-electron chi connectivity index (χ2n) is 9.99. The number of carbonyl (C=O) groups is 1. The summed E-state index contributed by atoms with van der Waals surface area (Å²) in [6, 6.07) is 5.82. The van der Waals surface area contributed by atoms with E-state index in [9.17, 15) is 4.79 Å². The van der Waals surface area contributed by atoms with Gasteiger partial charge in [0.1, 0.15) is 23.5 Å². The number of methoxy groups -OCH3 is 1. The summed E-state index contributed by atoms with van der Waals surface area (Å²) in [6.45, 7) is 9.51. The number of hydrogen-bond donors (Lipinski definition) is 2. The second-order valence-corrected chi connectivity index (χ2v) is 9.99. The van der Waals surface area contributed by atoms with Crippen molar-refractivity contribution in [1.82, 2.24) is 4.90 Å². The zero-order valence-corrected chi connectivity index (χ0v) is 20.1. The number of nitrogens with two attached hydrogens (primary N) is 1. The largest absolute Gasteiger partial charge is 0.487 e. The van der Waals surface area contributed by atoms with Crippen molar-refractivity contribution in [3.63, 3.8) is 0 Å². The van der Waals surface area contributed by atoms with Gasteiger partial charge < -0.3 is 34.9 Å². The molecule has 1 saturated heterocycles. The van der Waals surface area contributed by atoms with Crippen LogP contribution in [0, 0.1) is 5.41 Å². The highest BCUT2D eigenvalue weighted by atomic mass is 16.5. The molecule has 0 saturated carbocycles. The van der Waals surface area contributed by atoms with Gasteiger partial charge in [0.25, 0.3) is 11.9 Å². The molecule has 4 aliphatic heterocycles. The molecule has 3 N–H and O–H groups in total. The number of aliphatic imine (C=N–C) groups is 1. The average molecular weight is 469 g/mol. The second kappa shape index (κ2) is 8.02. The molecule has 1 aromatic rings. The van der Waals surface area contributed by atoms with Gasteiger partial charge in [0, 0.05) is 37.7 Å². The van der Waals surface area contributed by atoms with E-state index in [0.717, 1.165) is 24.2 Å². The maximum atomic E-state index is 13.2. The lowest BCUT2D eigenvalue weighted by atomic mass is 9.55. The number of amidine groups is 1. The highest BCUT2D eigenvalue weighted by molar-refractivity contribution is 6.06. The Kier molecular flexibility index (Phi) is 5.37. The Bertz CT molecular complexity index is 1100. The molecule has 1 atom stereocenters. The molecule has 0 radical (unpaired) electrons. The quantitative estimate of drug-likeness (QED) is 0.682. The van der Waals surface area contributed by atoms with Crippen LogP contribution in [0.5, 0.6) is 5.75 Å². The number of carbonyl (C=O) groups excluding carboxylic acids is 1. The summed E-state index contributed by atoms with van der Waals surface area (Å²) in [7, 11) is 1.67. The Morgan fingerprint density at radius 1 is 1.29 bits per heavy atom. The van der Waals surface area contributed by atoms with Crippen molar-refractivity contribution >= 4 is 17.6 Å². The fourth-order valence-electron chi connectivity index (χ4n) is 5.45. The molecule has 1 fully saturated rings. The number of anilines is 1. The van der Waals surface area contributed by atoms with Gasteiger partial charge in [-0.05, 0) is 45.0 Å². The van der Waals surface area contributed by atoms with Crippen LogP contribution in [0.15, 0.2) is 46.6 Å². The fourth-order valence-corrected chi connectivity index (χ4v) is 5.45. The van der Waals surface area contributed by atoms with Crippen molar-refractivity contribution < 1.29 is 23.7 Å². The fraction of sp³-hybridized carbons (Fsp3) is 0.520. The van der Waals surface area contributed by atoms with Gasteiger partial charge in [0.05, 0.1) is 30.8 Å². The van der Waals surface area contributed by atoms with Crippen LogP contribution in [0.1, 0.15) is 26.3 Å². The lowest BCUT2D eigenvalue weighted by Gasteiger charge is -2.61. The number of fused-ring (bicyclic) bond motifs is 3. The lowest BCUT2D eigenvalue weighted by Crippen LogP contribution is -2.71. The zero-order valence-electron chi connectivity index (χ0n) is 20.1. The predicted molar refractivity (Wildman–Crippen MR) is 128 cm³/mol. The molecule has 1 amide bonds. The van der Waals surface area contributed by atoms with Crippen LogP contribution in [0.25, 0.3) is 0 Å². The van der Waals surface area contributed by atoms with E-state index in [1.807, 2.05) is 37.4 Å². The molecular formula is C25H32N4O5. The Hall–Kier alpha value is -3.04. The summed E-state index contributed by atoms with van der Waals surface area (Å²) < 4.78 is 23.0. The van der Waals surface area contributed by atoms with Gasteiger partial charge in [0.2, 0.25) is 0 Å². The van der Waals surface area contributed by atoms with Crippen LogP contribution >= 0.6 is 0 Å². The number of nitrogens with zero attached hydrogens (tertiary/aromatic N) is 2. The van der Waals surface area contributed by atoms with Crippen molar-refractivity contribution in [1.29, 1.82) is 0 Å². The minimum atomic E-state index is -0.745. The monoisotopic (exact) mass is 468 g/mol. The van der Waals surface area contributed by atoms with E-state index >= 15 is 0 Å². The van der Waals surface area contributed by atoms with Crippen LogP contribution in [0.3, 0.4) is 0 Å². The maximum absolute atomic E-state index is 13.2. The number of rotatable bonds is 5. The summed E-state index contributed by atoms with van der Waals surface area (Å²) in [5.74, 6) is 0.529. The van der Waals surface area contributed by atoms with Gasteiger partial charge in [-0.25, -0.2) is 4.99 Å². The highest BCUT2D eigenvalue weighted by Gasteiger charge is 2.71. The normalized spacial score (nSPS) is 26.0. The molecule has 0 aliphatic carbocycles. The van der Waals surface area contributed by atoms with Gasteiger partial charge in [-0.1, -0.05) is 5.57 Å². The van der Waals surface area contributed by atoms with Crippen molar-refractivity contribution in [2.24, 2.45) is 16.1 Å². The number of ether oxygens (including phenoxy) is 4. The number of amides is 1. The van der Waals surface area contributed by atoms with Crippen molar-refractivity contribution in [2.45, 2.75) is 31.9 Å². The first-order valence-corrected chi connectivity index (χ1v) is 11.5. The van der Waals surface area contributed by atoms with Crippen molar-refractivity contribution in [3.05, 3.63) is 47.2 Å². The third kappa shape index (κ3) is 3.37. The number of benzene rings is 1. The molecule has 0 bridgehead atoms. The first-order chi connectivity index (χ1) is 16.2. The first kappa shape index (κ1) is 22.7. The van der Waals surface area contributed by atoms with Crippen molar-refractivity contribution in [2.75, 3.05) is 51.9 Å². The molecule has 0 aromatic heterocycles. The summed E-state index contributed by atoms with van der Waals surface area (Å²) in [5.41, 5.74) is 7.51. The molecule has 1 unspecified atom stereocenters. The van der Waals surface area contributed by atoms with E-state index in [-0.39, 0.29) is 11.9 Å². The molecule has 182 valence electrons. The topological polar surface area (TPSA) is 108 Å². The zero-order chi connectivity index (χ0) is 24.1. The third-order valence-electron chi connectivity index (χ3n) is 7.44. The molecule has 5 rings (SSSR count). The SMILES string of the molecule is COCCN1C=C(C(=O)Nc2ccc3c(c2)C2(COC(N)=N2)C2(COC2)C(C)(C)O3)C=C(C)C1. The van der Waals surface area contributed by atoms with Crippen molar-refractivity contribution in [3.8, 4) is 5.75 Å². The Morgan fingerprint density at radius 3 is 2.74 bits per heavy atom. The maximum Gasteiger partial charge on any atom is 0.283 e. The van der Waals surface area contributed by atoms with Gasteiger partial charge in [-0.15, -0.1) is 0 Å². The molecule has 34 heavy (non-hydrogen) atoms. The molecule has 1 aromatic carbocycles. The van der Waals surface area contributed by atoms with Crippen LogP contribution in [0.4, 0.5) is 5.69 Å². The van der Waals surface area contributed by atoms with E-state index in [0.29, 0.717) is 43.4 Å². The van der Waals surface area contributed by atoms with E-state index in [1.165, 1.54) is 0 Å². The Labute approximate surface area is 199 Å². The van der Waals surface area contributed by atoms with E-state index in [2.05, 4.69) is 24.1 Å². The molecule has 4 aliphatic rings. The standard InChI is InChI=1S/C25H32N4O5/c1-16-9-17(12-29(11-16)7-8-31-4)21(30)27-18-5-6-20-19(10-18)25(15-33-22(26)28-25)24(13-32-14-24)23(2,3)34-20/h5-6,9-10,12H,7-8,11,13-15H2,1-4H3,(H2,26,28)(H,27,30). The summed E-state index contributed by atoms with van der Waals surface area (Å²) in [4.78, 5) is 20.1. The van der Waals surface area contributed by atoms with Crippen LogP contribution < -0.4 is 15.8 Å². The smallest absolute Gasteiger partial charge is 0.283 e. The van der Waals surface area contributed by atoms with E-state index in [1.54, 1.807) is 7.11 Å². The van der Waals surface area contributed by atoms with Gasteiger partial charge >= 0.3 is 0 Å². The number of nitrogens with one attached hydrogen (secondary N) is 1. The van der Waals surface area contributed by atoms with Crippen LogP contribution in [-0.2, 0) is 24.5 Å². The minimum Gasteiger partial charge on any atom is -0.487 e.